The van der Waals surface area contributed by atoms with Crippen molar-refractivity contribution in [1.29, 1.82) is 0 Å². The molecule has 0 atom stereocenters. The van der Waals surface area contributed by atoms with Crippen LogP contribution in [0.1, 0.15) is 45.1 Å². The Hall–Kier alpha value is -0.540. The fourth-order valence-electron chi connectivity index (χ4n) is 2.60. The van der Waals surface area contributed by atoms with Crippen LogP contribution in [0.2, 0.25) is 0 Å². The molecule has 0 amide bonds. The summed E-state index contributed by atoms with van der Waals surface area (Å²) in [6, 6.07) is 6.32. The van der Waals surface area contributed by atoms with Gasteiger partial charge in [0.05, 0.1) is 4.47 Å². The second-order valence-corrected chi connectivity index (χ2v) is 7.27. The highest BCUT2D eigenvalue weighted by atomic mass is 79.9. The Balaban J connectivity index is 1.90. The van der Waals surface area contributed by atoms with E-state index < -0.39 is 0 Å². The van der Waals surface area contributed by atoms with Crippen molar-refractivity contribution in [3.05, 3.63) is 28.2 Å². The molecule has 1 aromatic rings. The van der Waals surface area contributed by atoms with Gasteiger partial charge < -0.3 is 10.1 Å². The molecule has 20 heavy (non-hydrogen) atoms. The molecule has 1 aromatic carbocycles. The molecular weight excluding hydrogens is 314 g/mol. The second-order valence-electron chi connectivity index (χ2n) is 6.42. The van der Waals surface area contributed by atoms with Crippen molar-refractivity contribution in [2.75, 3.05) is 13.1 Å². The number of aryl methyl sites for hydroxylation is 1. The van der Waals surface area contributed by atoms with Crippen molar-refractivity contribution in [3.8, 4) is 5.75 Å². The first-order valence-corrected chi connectivity index (χ1v) is 8.46. The third-order valence-corrected chi connectivity index (χ3v) is 4.61. The first kappa shape index (κ1) is 15.8. The van der Waals surface area contributed by atoms with Crippen molar-refractivity contribution in [3.63, 3.8) is 0 Å². The topological polar surface area (TPSA) is 21.3 Å². The minimum Gasteiger partial charge on any atom is -0.486 e. The maximum Gasteiger partial charge on any atom is 0.134 e. The van der Waals surface area contributed by atoms with E-state index in [1.807, 2.05) is 0 Å². The van der Waals surface area contributed by atoms with Gasteiger partial charge in [0, 0.05) is 0 Å². The lowest BCUT2D eigenvalue weighted by Gasteiger charge is -2.42. The van der Waals surface area contributed by atoms with Gasteiger partial charge in [0.15, 0.2) is 0 Å². The Morgan fingerprint density at radius 2 is 2.10 bits per heavy atom. The van der Waals surface area contributed by atoms with E-state index in [9.17, 15) is 0 Å². The summed E-state index contributed by atoms with van der Waals surface area (Å²) in [4.78, 5) is 0. The van der Waals surface area contributed by atoms with Gasteiger partial charge >= 0.3 is 0 Å². The molecule has 0 radical (unpaired) electrons. The molecule has 1 saturated carbocycles. The Kier molecular flexibility index (Phi) is 5.50. The highest BCUT2D eigenvalue weighted by molar-refractivity contribution is 9.10. The first-order chi connectivity index (χ1) is 9.51. The van der Waals surface area contributed by atoms with E-state index in [0.717, 1.165) is 29.7 Å². The maximum absolute atomic E-state index is 6.34. The fraction of sp³-hybridized carbons (Fsp3) is 0.647. The number of halogens is 1. The summed E-state index contributed by atoms with van der Waals surface area (Å²) < 4.78 is 7.41. The largest absolute Gasteiger partial charge is 0.486 e. The van der Waals surface area contributed by atoms with Crippen LogP contribution in [-0.4, -0.2) is 18.7 Å². The van der Waals surface area contributed by atoms with E-state index >= 15 is 0 Å². The minimum atomic E-state index is 0.0573. The van der Waals surface area contributed by atoms with Crippen molar-refractivity contribution in [2.45, 2.75) is 52.1 Å². The van der Waals surface area contributed by atoms with Crippen LogP contribution in [0.3, 0.4) is 0 Å². The highest BCUT2D eigenvalue weighted by Gasteiger charge is 2.39. The SMILES string of the molecule is Cc1ccc(OC2(CCNCC(C)C)CCC2)c(Br)c1. The average molecular weight is 340 g/mol. The summed E-state index contributed by atoms with van der Waals surface area (Å²) in [5, 5.41) is 3.53. The number of rotatable bonds is 7. The monoisotopic (exact) mass is 339 g/mol. The lowest BCUT2D eigenvalue weighted by atomic mass is 9.77. The Morgan fingerprint density at radius 3 is 2.65 bits per heavy atom. The van der Waals surface area contributed by atoms with Crippen LogP contribution in [0.5, 0.6) is 5.75 Å². The molecule has 1 aliphatic rings. The average Bonchev–Trinajstić information content (AvgIpc) is 2.33. The molecule has 0 unspecified atom stereocenters. The highest BCUT2D eigenvalue weighted by Crippen LogP contribution is 2.41. The lowest BCUT2D eigenvalue weighted by molar-refractivity contribution is -0.0149. The van der Waals surface area contributed by atoms with Gasteiger partial charge in [-0.05, 0) is 85.2 Å². The predicted octanol–water partition coefficient (Wildman–Crippen LogP) is 4.69. The summed E-state index contributed by atoms with van der Waals surface area (Å²) in [5.41, 5.74) is 1.31. The van der Waals surface area contributed by atoms with Gasteiger partial charge in [-0.15, -0.1) is 0 Å². The van der Waals surface area contributed by atoms with Crippen LogP contribution >= 0.6 is 15.9 Å². The molecule has 112 valence electrons. The lowest BCUT2D eigenvalue weighted by Crippen LogP contribution is -2.45. The van der Waals surface area contributed by atoms with Gasteiger partial charge in [0.25, 0.3) is 0 Å². The summed E-state index contributed by atoms with van der Waals surface area (Å²) in [6.45, 7) is 8.72. The van der Waals surface area contributed by atoms with E-state index in [4.69, 9.17) is 4.74 Å². The molecule has 0 saturated heterocycles. The van der Waals surface area contributed by atoms with E-state index in [2.05, 4.69) is 60.2 Å². The maximum atomic E-state index is 6.34. The van der Waals surface area contributed by atoms with Gasteiger partial charge in [-0.25, -0.2) is 0 Å². The van der Waals surface area contributed by atoms with Gasteiger partial charge in [-0.3, -0.25) is 0 Å². The summed E-state index contributed by atoms with van der Waals surface area (Å²) in [5.74, 6) is 1.69. The zero-order valence-electron chi connectivity index (χ0n) is 12.8. The van der Waals surface area contributed by atoms with Crippen molar-refractivity contribution >= 4 is 15.9 Å². The minimum absolute atomic E-state index is 0.0573. The molecule has 2 rings (SSSR count). The van der Waals surface area contributed by atoms with E-state index in [0.29, 0.717) is 5.92 Å². The molecule has 0 aliphatic heterocycles. The van der Waals surface area contributed by atoms with Crippen molar-refractivity contribution < 1.29 is 4.74 Å². The molecule has 2 nitrogen and oxygen atoms in total. The Labute approximate surface area is 131 Å². The molecule has 1 fully saturated rings. The van der Waals surface area contributed by atoms with Crippen LogP contribution in [0.4, 0.5) is 0 Å². The predicted molar refractivity (Wildman–Crippen MR) is 88.4 cm³/mol. The smallest absolute Gasteiger partial charge is 0.134 e. The zero-order valence-corrected chi connectivity index (χ0v) is 14.4. The van der Waals surface area contributed by atoms with Crippen LogP contribution in [0, 0.1) is 12.8 Å². The third kappa shape index (κ3) is 4.23. The van der Waals surface area contributed by atoms with Crippen LogP contribution < -0.4 is 10.1 Å². The third-order valence-electron chi connectivity index (χ3n) is 3.99. The Morgan fingerprint density at radius 1 is 1.35 bits per heavy atom. The fourth-order valence-corrected chi connectivity index (χ4v) is 3.18. The Bertz CT molecular complexity index is 441. The number of benzene rings is 1. The zero-order chi connectivity index (χ0) is 14.6. The summed E-state index contributed by atoms with van der Waals surface area (Å²) >= 11 is 3.61. The van der Waals surface area contributed by atoms with E-state index in [1.165, 1.54) is 24.8 Å². The van der Waals surface area contributed by atoms with E-state index in [-0.39, 0.29) is 5.60 Å². The van der Waals surface area contributed by atoms with Gasteiger partial charge in [0.2, 0.25) is 0 Å². The van der Waals surface area contributed by atoms with Crippen LogP contribution in [0.25, 0.3) is 0 Å². The molecular formula is C17H26BrNO. The number of ether oxygens (including phenoxy) is 1. The normalized spacial score (nSPS) is 17.1. The molecule has 1 aliphatic carbocycles. The standard InChI is InChI=1S/C17H26BrNO/c1-13(2)12-19-10-9-17(7-4-8-17)20-16-6-5-14(3)11-15(16)18/h5-6,11,13,19H,4,7-10,12H2,1-3H3. The van der Waals surface area contributed by atoms with E-state index in [1.54, 1.807) is 0 Å². The molecule has 0 heterocycles. The molecule has 1 N–H and O–H groups in total. The molecule has 0 aromatic heterocycles. The molecule has 3 heteroatoms. The molecule has 0 spiro atoms. The van der Waals surface area contributed by atoms with Gasteiger partial charge in [-0.1, -0.05) is 19.9 Å². The molecule has 0 bridgehead atoms. The van der Waals surface area contributed by atoms with Gasteiger partial charge in [0.1, 0.15) is 11.4 Å². The number of nitrogens with one attached hydrogen (secondary N) is 1. The van der Waals surface area contributed by atoms with Crippen molar-refractivity contribution in [1.82, 2.24) is 5.32 Å². The van der Waals surface area contributed by atoms with Gasteiger partial charge in [-0.2, -0.15) is 0 Å². The number of hydrogen-bond acceptors (Lipinski definition) is 2. The second kappa shape index (κ2) is 6.95. The van der Waals surface area contributed by atoms with Crippen LogP contribution in [0.15, 0.2) is 22.7 Å². The van der Waals surface area contributed by atoms with Crippen molar-refractivity contribution in [2.24, 2.45) is 5.92 Å². The summed E-state index contributed by atoms with van der Waals surface area (Å²) in [6.07, 6.45) is 4.74. The summed E-state index contributed by atoms with van der Waals surface area (Å²) in [7, 11) is 0. The number of hydrogen-bond donors (Lipinski definition) is 1. The quantitative estimate of drug-likeness (QED) is 0.727. The van der Waals surface area contributed by atoms with Crippen LogP contribution in [-0.2, 0) is 0 Å². The first-order valence-electron chi connectivity index (χ1n) is 7.67.